The molecule has 0 radical (unpaired) electrons. The van der Waals surface area contributed by atoms with Crippen LogP contribution in [-0.4, -0.2) is 24.8 Å². The van der Waals surface area contributed by atoms with Crippen LogP contribution in [0.2, 0.25) is 0 Å². The fourth-order valence-electron chi connectivity index (χ4n) is 2.36. The van der Waals surface area contributed by atoms with Gasteiger partial charge >= 0.3 is 0 Å². The Morgan fingerprint density at radius 3 is 2.41 bits per heavy atom. The van der Waals surface area contributed by atoms with E-state index in [1.54, 1.807) is 26.8 Å². The number of benzene rings is 2. The second-order valence-corrected chi connectivity index (χ2v) is 9.68. The predicted molar refractivity (Wildman–Crippen MR) is 104 cm³/mol. The first-order valence-electron chi connectivity index (χ1n) is 8.05. The molecule has 2 N–H and O–H groups in total. The lowest BCUT2D eigenvalue weighted by Gasteiger charge is -2.20. The van der Waals surface area contributed by atoms with Crippen molar-refractivity contribution in [1.29, 1.82) is 0 Å². The molecule has 0 aliphatic carbocycles. The minimum atomic E-state index is -3.66. The first-order valence-corrected chi connectivity index (χ1v) is 10.3. The highest BCUT2D eigenvalue weighted by molar-refractivity contribution is 7.89. The number of sulfonamides is 1. The van der Waals surface area contributed by atoms with Gasteiger partial charge in [0.05, 0.1) is 15.1 Å². The molecule has 0 spiro atoms. The summed E-state index contributed by atoms with van der Waals surface area (Å²) in [4.78, 5) is 16.6. The lowest BCUT2D eigenvalue weighted by molar-refractivity contribution is 0.102. The maximum Gasteiger partial charge on any atom is 0.257 e. The molecule has 0 bridgehead atoms. The summed E-state index contributed by atoms with van der Waals surface area (Å²) in [5, 5.41) is 2.98. The molecule has 27 heavy (non-hydrogen) atoms. The second kappa shape index (κ2) is 6.99. The molecule has 1 aromatic heterocycles. The zero-order valence-corrected chi connectivity index (χ0v) is 16.5. The Hall–Kier alpha value is -2.36. The van der Waals surface area contributed by atoms with E-state index < -0.39 is 27.3 Å². The molecule has 142 valence electrons. The van der Waals surface area contributed by atoms with E-state index in [-0.39, 0.29) is 4.90 Å². The van der Waals surface area contributed by atoms with Gasteiger partial charge < -0.3 is 0 Å². The molecule has 2 aromatic carbocycles. The highest BCUT2D eigenvalue weighted by Crippen LogP contribution is 2.28. The molecule has 0 aliphatic heterocycles. The number of thiazole rings is 1. The number of aromatic nitrogens is 1. The topological polar surface area (TPSA) is 88.2 Å². The average Bonchev–Trinajstić information content (AvgIpc) is 2.94. The third-order valence-electron chi connectivity index (χ3n) is 3.44. The number of halogens is 1. The SMILES string of the molecule is CC(C)(C)NS(=O)(=O)c1ccc2nc(NC(=O)c3ccc(F)cc3)sc2c1. The number of carbonyl (C=O) groups is 1. The van der Waals surface area contributed by atoms with Gasteiger partial charge in [-0.3, -0.25) is 10.1 Å². The van der Waals surface area contributed by atoms with Crippen molar-refractivity contribution >= 4 is 42.6 Å². The zero-order chi connectivity index (χ0) is 19.8. The molecule has 3 rings (SSSR count). The van der Waals surface area contributed by atoms with Crippen LogP contribution in [0.15, 0.2) is 47.4 Å². The fourth-order valence-corrected chi connectivity index (χ4v) is 4.78. The van der Waals surface area contributed by atoms with Crippen molar-refractivity contribution in [2.45, 2.75) is 31.2 Å². The van der Waals surface area contributed by atoms with Crippen molar-refractivity contribution in [3.63, 3.8) is 0 Å². The van der Waals surface area contributed by atoms with Gasteiger partial charge in [-0.2, -0.15) is 0 Å². The van der Waals surface area contributed by atoms with Crippen LogP contribution in [0.4, 0.5) is 9.52 Å². The van der Waals surface area contributed by atoms with Crippen LogP contribution in [0.25, 0.3) is 10.2 Å². The number of nitrogens with zero attached hydrogens (tertiary/aromatic N) is 1. The van der Waals surface area contributed by atoms with E-state index in [0.29, 0.717) is 20.9 Å². The van der Waals surface area contributed by atoms with E-state index in [0.717, 1.165) is 11.3 Å². The summed E-state index contributed by atoms with van der Waals surface area (Å²) in [5.74, 6) is -0.847. The first-order chi connectivity index (χ1) is 12.5. The van der Waals surface area contributed by atoms with Gasteiger partial charge in [0.2, 0.25) is 10.0 Å². The van der Waals surface area contributed by atoms with E-state index in [2.05, 4.69) is 15.0 Å². The van der Waals surface area contributed by atoms with E-state index >= 15 is 0 Å². The summed E-state index contributed by atoms with van der Waals surface area (Å²) in [7, 11) is -3.66. The number of rotatable bonds is 4. The largest absolute Gasteiger partial charge is 0.298 e. The van der Waals surface area contributed by atoms with Gasteiger partial charge in [0, 0.05) is 11.1 Å². The van der Waals surface area contributed by atoms with Crippen molar-refractivity contribution in [2.24, 2.45) is 0 Å². The monoisotopic (exact) mass is 407 g/mol. The molecule has 0 saturated heterocycles. The lowest BCUT2D eigenvalue weighted by atomic mass is 10.1. The van der Waals surface area contributed by atoms with E-state index in [9.17, 15) is 17.6 Å². The number of hydrogen-bond acceptors (Lipinski definition) is 5. The van der Waals surface area contributed by atoms with Crippen LogP contribution < -0.4 is 10.0 Å². The molecular formula is C18H18FN3O3S2. The number of hydrogen-bond donors (Lipinski definition) is 2. The second-order valence-electron chi connectivity index (χ2n) is 6.97. The van der Waals surface area contributed by atoms with E-state index in [4.69, 9.17) is 0 Å². The normalized spacial score (nSPS) is 12.3. The van der Waals surface area contributed by atoms with Gasteiger partial charge in [0.1, 0.15) is 5.82 Å². The highest BCUT2D eigenvalue weighted by Gasteiger charge is 2.22. The molecular weight excluding hydrogens is 389 g/mol. The zero-order valence-electron chi connectivity index (χ0n) is 14.9. The summed E-state index contributed by atoms with van der Waals surface area (Å²) in [6, 6.07) is 9.74. The number of nitrogens with one attached hydrogen (secondary N) is 2. The maximum atomic E-state index is 13.0. The van der Waals surface area contributed by atoms with Crippen LogP contribution in [0.5, 0.6) is 0 Å². The van der Waals surface area contributed by atoms with Gasteiger partial charge in [-0.15, -0.1) is 0 Å². The molecule has 0 atom stereocenters. The van der Waals surface area contributed by atoms with Gasteiger partial charge in [-0.25, -0.2) is 22.5 Å². The Morgan fingerprint density at radius 1 is 1.11 bits per heavy atom. The van der Waals surface area contributed by atoms with Crippen molar-refractivity contribution in [2.75, 3.05) is 5.32 Å². The Balaban J connectivity index is 1.86. The Labute approximate surface area is 160 Å². The van der Waals surface area contributed by atoms with Crippen molar-refractivity contribution in [3.05, 3.63) is 53.8 Å². The molecule has 1 heterocycles. The highest BCUT2D eigenvalue weighted by atomic mass is 32.2. The van der Waals surface area contributed by atoms with Gasteiger partial charge in [-0.05, 0) is 63.2 Å². The number of fused-ring (bicyclic) bond motifs is 1. The fraction of sp³-hybridized carbons (Fsp3) is 0.222. The smallest absolute Gasteiger partial charge is 0.257 e. The minimum absolute atomic E-state index is 0.130. The molecule has 3 aromatic rings. The standard InChI is InChI=1S/C18H18FN3O3S2/c1-18(2,3)22-27(24,25)13-8-9-14-15(10-13)26-17(20-14)21-16(23)11-4-6-12(19)7-5-11/h4-10,22H,1-3H3,(H,20,21,23). The summed E-state index contributed by atoms with van der Waals surface area (Å²) in [5.41, 5.74) is 0.271. The van der Waals surface area contributed by atoms with Crippen LogP contribution in [-0.2, 0) is 10.0 Å². The first kappa shape index (κ1) is 19.4. The van der Waals surface area contributed by atoms with Crippen molar-refractivity contribution in [3.8, 4) is 0 Å². The predicted octanol–water partition coefficient (Wildman–Crippen LogP) is 3.76. The van der Waals surface area contributed by atoms with Crippen LogP contribution >= 0.6 is 11.3 Å². The molecule has 9 heteroatoms. The molecule has 6 nitrogen and oxygen atoms in total. The van der Waals surface area contributed by atoms with Crippen molar-refractivity contribution in [1.82, 2.24) is 9.71 Å². The number of anilines is 1. The number of amides is 1. The minimum Gasteiger partial charge on any atom is -0.298 e. The van der Waals surface area contributed by atoms with Crippen molar-refractivity contribution < 1.29 is 17.6 Å². The van der Waals surface area contributed by atoms with Crippen LogP contribution in [0.3, 0.4) is 0 Å². The van der Waals surface area contributed by atoms with Gasteiger partial charge in [-0.1, -0.05) is 11.3 Å². The van der Waals surface area contributed by atoms with Gasteiger partial charge in [0.25, 0.3) is 5.91 Å². The maximum absolute atomic E-state index is 13.0. The Morgan fingerprint density at radius 2 is 1.78 bits per heavy atom. The van der Waals surface area contributed by atoms with E-state index in [1.807, 2.05) is 0 Å². The van der Waals surface area contributed by atoms with Crippen LogP contribution in [0.1, 0.15) is 31.1 Å². The quantitative estimate of drug-likeness (QED) is 0.689. The lowest BCUT2D eigenvalue weighted by Crippen LogP contribution is -2.40. The summed E-state index contributed by atoms with van der Waals surface area (Å²) >= 11 is 1.16. The molecule has 1 amide bonds. The third kappa shape index (κ3) is 4.68. The third-order valence-corrected chi connectivity index (χ3v) is 6.13. The average molecular weight is 407 g/mol. The summed E-state index contributed by atoms with van der Waals surface area (Å²) in [6.45, 7) is 5.29. The van der Waals surface area contributed by atoms with E-state index in [1.165, 1.54) is 36.4 Å². The Kier molecular flexibility index (Phi) is 5.02. The Bertz CT molecular complexity index is 1100. The molecule has 0 unspecified atom stereocenters. The van der Waals surface area contributed by atoms with Crippen LogP contribution in [0, 0.1) is 5.82 Å². The summed E-state index contributed by atoms with van der Waals surface area (Å²) < 4.78 is 41.1. The molecule has 0 saturated carbocycles. The number of carbonyl (C=O) groups excluding carboxylic acids is 1. The molecule has 0 fully saturated rings. The molecule has 0 aliphatic rings. The van der Waals surface area contributed by atoms with Gasteiger partial charge in [0.15, 0.2) is 5.13 Å². The summed E-state index contributed by atoms with van der Waals surface area (Å²) in [6.07, 6.45) is 0.